The summed E-state index contributed by atoms with van der Waals surface area (Å²) < 4.78 is 38.2. The molecule has 0 aliphatic carbocycles. The fourth-order valence-corrected chi connectivity index (χ4v) is 2.97. The van der Waals surface area contributed by atoms with Crippen LogP contribution in [0.1, 0.15) is 15.9 Å². The number of para-hydroxylation sites is 1. The number of alkyl halides is 3. The van der Waals surface area contributed by atoms with Crippen molar-refractivity contribution in [1.82, 2.24) is 9.97 Å². The van der Waals surface area contributed by atoms with E-state index in [0.717, 1.165) is 17.7 Å². The Morgan fingerprint density at radius 1 is 0.897 bits per heavy atom. The van der Waals surface area contributed by atoms with Gasteiger partial charge in [-0.15, -0.1) is 0 Å². The number of rotatable bonds is 3. The van der Waals surface area contributed by atoms with Gasteiger partial charge in [-0.25, -0.2) is 4.98 Å². The van der Waals surface area contributed by atoms with Crippen molar-refractivity contribution in [2.75, 3.05) is 5.32 Å². The predicted molar refractivity (Wildman–Crippen MR) is 104 cm³/mol. The van der Waals surface area contributed by atoms with Crippen molar-refractivity contribution < 1.29 is 18.0 Å². The van der Waals surface area contributed by atoms with Gasteiger partial charge in [0.15, 0.2) is 0 Å². The van der Waals surface area contributed by atoms with Crippen LogP contribution < -0.4 is 5.32 Å². The molecule has 7 heteroatoms. The summed E-state index contributed by atoms with van der Waals surface area (Å²) in [5.74, 6) is -0.432. The molecule has 4 rings (SSSR count). The summed E-state index contributed by atoms with van der Waals surface area (Å²) in [6, 6.07) is 16.8. The molecule has 2 aromatic carbocycles. The molecule has 0 unspecified atom stereocenters. The normalized spacial score (nSPS) is 11.4. The minimum Gasteiger partial charge on any atom is -0.322 e. The van der Waals surface area contributed by atoms with E-state index in [1.54, 1.807) is 48.8 Å². The third-order valence-corrected chi connectivity index (χ3v) is 4.41. The highest BCUT2D eigenvalue weighted by atomic mass is 19.4. The summed E-state index contributed by atoms with van der Waals surface area (Å²) in [6.45, 7) is 0. The Bertz CT molecular complexity index is 1170. The molecule has 0 atom stereocenters. The van der Waals surface area contributed by atoms with Crippen LogP contribution in [0, 0.1) is 0 Å². The summed E-state index contributed by atoms with van der Waals surface area (Å²) >= 11 is 0. The maximum absolute atomic E-state index is 12.9. The fraction of sp³-hybridized carbons (Fsp3) is 0.0455. The van der Waals surface area contributed by atoms with E-state index < -0.39 is 17.6 Å². The smallest absolute Gasteiger partial charge is 0.322 e. The highest BCUT2D eigenvalue weighted by Gasteiger charge is 2.30. The summed E-state index contributed by atoms with van der Waals surface area (Å²) in [5, 5.41) is 3.31. The molecule has 0 aliphatic rings. The second-order valence-corrected chi connectivity index (χ2v) is 6.34. The van der Waals surface area contributed by atoms with Crippen molar-refractivity contribution in [3.05, 3.63) is 90.3 Å². The lowest BCUT2D eigenvalue weighted by Crippen LogP contribution is -2.13. The summed E-state index contributed by atoms with van der Waals surface area (Å²) in [7, 11) is 0. The molecule has 144 valence electrons. The van der Waals surface area contributed by atoms with Gasteiger partial charge in [-0.05, 0) is 48.5 Å². The van der Waals surface area contributed by atoms with Gasteiger partial charge < -0.3 is 5.32 Å². The SMILES string of the molecule is O=C(Nc1ccc(C(F)(F)F)cc1)c1cc(-c2ccncc2)nc2ccccc12. The summed E-state index contributed by atoms with van der Waals surface area (Å²) in [6.07, 6.45) is -1.16. The molecule has 2 aromatic heterocycles. The van der Waals surface area contributed by atoms with Gasteiger partial charge in [0.05, 0.1) is 22.3 Å². The van der Waals surface area contributed by atoms with Crippen LogP contribution in [0.2, 0.25) is 0 Å². The van der Waals surface area contributed by atoms with Gasteiger partial charge in [-0.2, -0.15) is 13.2 Å². The second-order valence-electron chi connectivity index (χ2n) is 6.34. The fourth-order valence-electron chi connectivity index (χ4n) is 2.97. The van der Waals surface area contributed by atoms with Crippen LogP contribution in [0.5, 0.6) is 0 Å². The molecule has 1 N–H and O–H groups in total. The van der Waals surface area contributed by atoms with Gasteiger partial charge in [0.1, 0.15) is 0 Å². The van der Waals surface area contributed by atoms with E-state index in [9.17, 15) is 18.0 Å². The van der Waals surface area contributed by atoms with Crippen LogP contribution in [0.3, 0.4) is 0 Å². The second kappa shape index (κ2) is 7.35. The average molecular weight is 393 g/mol. The van der Waals surface area contributed by atoms with Gasteiger partial charge in [0.25, 0.3) is 5.91 Å². The number of fused-ring (bicyclic) bond motifs is 1. The van der Waals surface area contributed by atoms with Crippen LogP contribution in [0.15, 0.2) is 79.1 Å². The Morgan fingerprint density at radius 2 is 1.59 bits per heavy atom. The zero-order valence-corrected chi connectivity index (χ0v) is 14.9. The molecular weight excluding hydrogens is 379 g/mol. The Hall–Kier alpha value is -3.74. The molecule has 4 nitrogen and oxygen atoms in total. The van der Waals surface area contributed by atoms with E-state index in [-0.39, 0.29) is 5.69 Å². The number of hydrogen-bond acceptors (Lipinski definition) is 3. The number of carbonyl (C=O) groups is 1. The van der Waals surface area contributed by atoms with Gasteiger partial charge in [0, 0.05) is 29.0 Å². The Kier molecular flexibility index (Phi) is 4.72. The Morgan fingerprint density at radius 3 is 2.28 bits per heavy atom. The number of aromatic nitrogens is 2. The number of nitrogens with zero attached hydrogens (tertiary/aromatic N) is 2. The van der Waals surface area contributed by atoms with Gasteiger partial charge >= 0.3 is 6.18 Å². The van der Waals surface area contributed by atoms with Crippen LogP contribution in [-0.2, 0) is 6.18 Å². The molecule has 0 saturated carbocycles. The van der Waals surface area contributed by atoms with E-state index in [0.29, 0.717) is 22.2 Å². The molecule has 1 amide bonds. The van der Waals surface area contributed by atoms with E-state index in [2.05, 4.69) is 15.3 Å². The van der Waals surface area contributed by atoms with Crippen molar-refractivity contribution in [3.8, 4) is 11.3 Å². The number of anilines is 1. The Labute approximate surface area is 164 Å². The summed E-state index contributed by atoms with van der Waals surface area (Å²) in [5.41, 5.74) is 1.92. The number of hydrogen-bond donors (Lipinski definition) is 1. The van der Waals surface area contributed by atoms with Crippen LogP contribution in [0.4, 0.5) is 18.9 Å². The van der Waals surface area contributed by atoms with Crippen molar-refractivity contribution in [2.45, 2.75) is 6.18 Å². The molecule has 4 aromatic rings. The van der Waals surface area contributed by atoms with Crippen molar-refractivity contribution in [1.29, 1.82) is 0 Å². The minimum atomic E-state index is -4.43. The number of carbonyl (C=O) groups excluding carboxylic acids is 1. The van der Waals surface area contributed by atoms with Crippen LogP contribution >= 0.6 is 0 Å². The van der Waals surface area contributed by atoms with Crippen molar-refractivity contribution >= 4 is 22.5 Å². The van der Waals surface area contributed by atoms with Crippen LogP contribution in [0.25, 0.3) is 22.2 Å². The Balaban J connectivity index is 1.71. The molecule has 0 saturated heterocycles. The molecule has 2 heterocycles. The number of pyridine rings is 2. The maximum atomic E-state index is 12.9. The molecule has 0 spiro atoms. The lowest BCUT2D eigenvalue weighted by molar-refractivity contribution is -0.137. The highest BCUT2D eigenvalue weighted by Crippen LogP contribution is 2.30. The largest absolute Gasteiger partial charge is 0.416 e. The lowest BCUT2D eigenvalue weighted by Gasteiger charge is -2.11. The van der Waals surface area contributed by atoms with Crippen molar-refractivity contribution in [2.24, 2.45) is 0 Å². The third-order valence-electron chi connectivity index (χ3n) is 4.41. The first-order chi connectivity index (χ1) is 13.9. The van der Waals surface area contributed by atoms with Gasteiger partial charge in [-0.3, -0.25) is 9.78 Å². The third kappa shape index (κ3) is 3.94. The first kappa shape index (κ1) is 18.6. The van der Waals surface area contributed by atoms with E-state index in [4.69, 9.17) is 0 Å². The number of nitrogens with one attached hydrogen (secondary N) is 1. The minimum absolute atomic E-state index is 0.273. The van der Waals surface area contributed by atoms with E-state index >= 15 is 0 Å². The summed E-state index contributed by atoms with van der Waals surface area (Å²) in [4.78, 5) is 21.5. The average Bonchev–Trinajstić information content (AvgIpc) is 2.73. The van der Waals surface area contributed by atoms with Gasteiger partial charge in [-0.1, -0.05) is 18.2 Å². The number of benzene rings is 2. The van der Waals surface area contributed by atoms with E-state index in [1.165, 1.54) is 12.1 Å². The predicted octanol–water partition coefficient (Wildman–Crippen LogP) is 5.57. The monoisotopic (exact) mass is 393 g/mol. The van der Waals surface area contributed by atoms with Gasteiger partial charge in [0.2, 0.25) is 0 Å². The highest BCUT2D eigenvalue weighted by molar-refractivity contribution is 6.13. The molecule has 0 radical (unpaired) electrons. The molecule has 0 fully saturated rings. The molecule has 0 aliphatic heterocycles. The maximum Gasteiger partial charge on any atom is 0.416 e. The number of amides is 1. The molecule has 29 heavy (non-hydrogen) atoms. The quantitative estimate of drug-likeness (QED) is 0.495. The molecule has 0 bridgehead atoms. The number of halogens is 3. The van der Waals surface area contributed by atoms with E-state index in [1.807, 2.05) is 6.07 Å². The first-order valence-electron chi connectivity index (χ1n) is 8.70. The van der Waals surface area contributed by atoms with Crippen molar-refractivity contribution in [3.63, 3.8) is 0 Å². The molecular formula is C22H14F3N3O. The zero-order valence-electron chi connectivity index (χ0n) is 14.9. The van der Waals surface area contributed by atoms with Crippen LogP contribution in [-0.4, -0.2) is 15.9 Å². The topological polar surface area (TPSA) is 54.9 Å². The lowest BCUT2D eigenvalue weighted by atomic mass is 10.0. The zero-order chi connectivity index (χ0) is 20.4. The first-order valence-corrected chi connectivity index (χ1v) is 8.70. The standard InChI is InChI=1S/C22H14F3N3O/c23-22(24,25)15-5-7-16(8-6-15)27-21(29)18-13-20(14-9-11-26-12-10-14)28-19-4-2-1-3-17(18)19/h1-13H,(H,27,29).